The number of anilines is 1. The van der Waals surface area contributed by atoms with Gasteiger partial charge in [0, 0.05) is 13.1 Å². The summed E-state index contributed by atoms with van der Waals surface area (Å²) in [4.78, 5) is 7.92. The van der Waals surface area contributed by atoms with E-state index in [1.54, 1.807) is 11.3 Å². The lowest BCUT2D eigenvalue weighted by Gasteiger charge is -2.18. The number of fused-ring (bicyclic) bond motifs is 1. The maximum absolute atomic E-state index is 9.28. The summed E-state index contributed by atoms with van der Waals surface area (Å²) in [7, 11) is 0. The molecule has 0 unspecified atom stereocenters. The lowest BCUT2D eigenvalue weighted by atomic mass is 10.0. The molecule has 0 radical (unpaired) electrons. The van der Waals surface area contributed by atoms with Gasteiger partial charge in [-0.15, -0.1) is 0 Å². The van der Waals surface area contributed by atoms with E-state index < -0.39 is 0 Å². The van der Waals surface area contributed by atoms with E-state index in [-0.39, 0.29) is 6.61 Å². The second-order valence-electron chi connectivity index (χ2n) is 4.92. The van der Waals surface area contributed by atoms with Crippen LogP contribution in [0.4, 0.5) is 5.13 Å². The molecule has 0 bridgehead atoms. The molecule has 1 aliphatic heterocycles. The van der Waals surface area contributed by atoms with Crippen molar-refractivity contribution >= 4 is 16.5 Å². The van der Waals surface area contributed by atoms with Crippen molar-refractivity contribution in [1.82, 2.24) is 4.98 Å². The molecule has 0 atom stereocenters. The van der Waals surface area contributed by atoms with Crippen molar-refractivity contribution in [2.75, 3.05) is 18.0 Å². The number of thiazole rings is 1. The van der Waals surface area contributed by atoms with E-state index in [0.29, 0.717) is 0 Å². The maximum Gasteiger partial charge on any atom is 0.185 e. The molecule has 0 fully saturated rings. The molecule has 4 heteroatoms. The van der Waals surface area contributed by atoms with E-state index >= 15 is 0 Å². The predicted octanol–water partition coefficient (Wildman–Crippen LogP) is 2.55. The Kier molecular flexibility index (Phi) is 3.53. The van der Waals surface area contributed by atoms with E-state index in [1.807, 2.05) is 6.92 Å². The number of nitrogens with zero attached hydrogens (tertiary/aromatic N) is 2. The quantitative estimate of drug-likeness (QED) is 0.914. The van der Waals surface area contributed by atoms with Crippen LogP contribution in [0.5, 0.6) is 0 Å². The molecule has 1 aromatic carbocycles. The van der Waals surface area contributed by atoms with Gasteiger partial charge in [-0.25, -0.2) is 4.98 Å². The molecule has 1 aromatic heterocycles. The summed E-state index contributed by atoms with van der Waals surface area (Å²) in [5.41, 5.74) is 3.88. The Morgan fingerprint density at radius 3 is 2.37 bits per heavy atom. The molecule has 0 saturated heterocycles. The Morgan fingerprint density at radius 2 is 1.84 bits per heavy atom. The fraction of sp³-hybridized carbons (Fsp3) is 0.400. The van der Waals surface area contributed by atoms with Crippen molar-refractivity contribution in [1.29, 1.82) is 0 Å². The van der Waals surface area contributed by atoms with E-state index in [2.05, 4.69) is 34.1 Å². The normalized spacial score (nSPS) is 15.2. The van der Waals surface area contributed by atoms with Crippen LogP contribution in [0.15, 0.2) is 24.3 Å². The molecular weight excluding hydrogens is 256 g/mol. The Bertz CT molecular complexity index is 552. The zero-order valence-corrected chi connectivity index (χ0v) is 11.9. The maximum atomic E-state index is 9.28. The highest BCUT2D eigenvalue weighted by Crippen LogP contribution is 2.28. The number of hydrogen-bond donors (Lipinski definition) is 1. The van der Waals surface area contributed by atoms with Crippen LogP contribution < -0.4 is 4.90 Å². The fourth-order valence-electron chi connectivity index (χ4n) is 2.55. The van der Waals surface area contributed by atoms with Crippen LogP contribution in [-0.4, -0.2) is 23.2 Å². The SMILES string of the molecule is Cc1nc(N2CCc3ccccc3CC2)sc1CO. The number of aromatic nitrogens is 1. The zero-order chi connectivity index (χ0) is 13.2. The van der Waals surface area contributed by atoms with Gasteiger partial charge in [-0.2, -0.15) is 0 Å². The smallest absolute Gasteiger partial charge is 0.185 e. The van der Waals surface area contributed by atoms with E-state index in [0.717, 1.165) is 41.6 Å². The summed E-state index contributed by atoms with van der Waals surface area (Å²) >= 11 is 1.62. The van der Waals surface area contributed by atoms with Crippen LogP contribution in [0.2, 0.25) is 0 Å². The average molecular weight is 274 g/mol. The second-order valence-corrected chi connectivity index (χ2v) is 5.98. The van der Waals surface area contributed by atoms with Gasteiger partial charge in [0.25, 0.3) is 0 Å². The predicted molar refractivity (Wildman–Crippen MR) is 78.8 cm³/mol. The van der Waals surface area contributed by atoms with Crippen LogP contribution in [0, 0.1) is 6.92 Å². The van der Waals surface area contributed by atoms with Gasteiger partial charge in [0.1, 0.15) is 0 Å². The minimum atomic E-state index is 0.0948. The molecule has 0 amide bonds. The largest absolute Gasteiger partial charge is 0.391 e. The average Bonchev–Trinajstić information content (AvgIpc) is 2.68. The zero-order valence-electron chi connectivity index (χ0n) is 11.1. The number of aryl methyl sites for hydroxylation is 1. The molecule has 1 N–H and O–H groups in total. The molecule has 0 saturated carbocycles. The van der Waals surface area contributed by atoms with Gasteiger partial charge in [-0.3, -0.25) is 0 Å². The lowest BCUT2D eigenvalue weighted by molar-refractivity contribution is 0.284. The number of hydrogen-bond acceptors (Lipinski definition) is 4. The third kappa shape index (κ3) is 2.51. The van der Waals surface area contributed by atoms with Crippen molar-refractivity contribution in [3.63, 3.8) is 0 Å². The summed E-state index contributed by atoms with van der Waals surface area (Å²) in [5, 5.41) is 10.3. The van der Waals surface area contributed by atoms with Crippen molar-refractivity contribution < 1.29 is 5.11 Å². The Morgan fingerprint density at radius 1 is 1.21 bits per heavy atom. The second kappa shape index (κ2) is 5.31. The van der Waals surface area contributed by atoms with Crippen LogP contribution in [-0.2, 0) is 19.4 Å². The van der Waals surface area contributed by atoms with Crippen LogP contribution >= 0.6 is 11.3 Å². The first-order chi connectivity index (χ1) is 9.28. The molecule has 3 nitrogen and oxygen atoms in total. The molecule has 0 aliphatic carbocycles. The minimum absolute atomic E-state index is 0.0948. The highest BCUT2D eigenvalue weighted by molar-refractivity contribution is 7.15. The van der Waals surface area contributed by atoms with Gasteiger partial charge in [0.05, 0.1) is 17.2 Å². The van der Waals surface area contributed by atoms with Crippen molar-refractivity contribution in [3.05, 3.63) is 46.0 Å². The lowest BCUT2D eigenvalue weighted by Crippen LogP contribution is -2.25. The molecule has 19 heavy (non-hydrogen) atoms. The van der Waals surface area contributed by atoms with E-state index in [4.69, 9.17) is 0 Å². The summed E-state index contributed by atoms with van der Waals surface area (Å²) in [6.45, 7) is 4.08. The van der Waals surface area contributed by atoms with Crippen molar-refractivity contribution in [3.8, 4) is 0 Å². The molecule has 2 heterocycles. The van der Waals surface area contributed by atoms with Gasteiger partial charge < -0.3 is 10.0 Å². The monoisotopic (exact) mass is 274 g/mol. The summed E-state index contributed by atoms with van der Waals surface area (Å²) < 4.78 is 0. The van der Waals surface area contributed by atoms with E-state index in [1.165, 1.54) is 11.1 Å². The fourth-order valence-corrected chi connectivity index (χ4v) is 3.53. The van der Waals surface area contributed by atoms with Crippen molar-refractivity contribution in [2.24, 2.45) is 0 Å². The van der Waals surface area contributed by atoms with Gasteiger partial charge in [0.2, 0.25) is 0 Å². The molecular formula is C15H18N2OS. The van der Waals surface area contributed by atoms with Crippen LogP contribution in [0.3, 0.4) is 0 Å². The Balaban J connectivity index is 1.81. The Labute approximate surface area is 117 Å². The van der Waals surface area contributed by atoms with Crippen LogP contribution in [0.1, 0.15) is 21.7 Å². The number of benzene rings is 1. The topological polar surface area (TPSA) is 36.4 Å². The molecule has 2 aromatic rings. The van der Waals surface area contributed by atoms with E-state index in [9.17, 15) is 5.11 Å². The molecule has 3 rings (SSSR count). The van der Waals surface area contributed by atoms with Gasteiger partial charge in [0.15, 0.2) is 5.13 Å². The molecule has 100 valence electrons. The highest BCUT2D eigenvalue weighted by atomic mass is 32.1. The minimum Gasteiger partial charge on any atom is -0.391 e. The first-order valence-electron chi connectivity index (χ1n) is 6.67. The first kappa shape index (κ1) is 12.6. The first-order valence-corrected chi connectivity index (χ1v) is 7.48. The molecule has 0 spiro atoms. The standard InChI is InChI=1S/C15H18N2OS/c1-11-14(10-18)19-15(16-11)17-8-6-12-4-2-3-5-13(12)7-9-17/h2-5,18H,6-10H2,1H3. The molecule has 1 aliphatic rings. The summed E-state index contributed by atoms with van der Waals surface area (Å²) in [6, 6.07) is 8.69. The Hall–Kier alpha value is -1.39. The third-order valence-electron chi connectivity index (χ3n) is 3.72. The van der Waals surface area contributed by atoms with Crippen LogP contribution in [0.25, 0.3) is 0 Å². The summed E-state index contributed by atoms with van der Waals surface area (Å²) in [6.07, 6.45) is 2.15. The van der Waals surface area contributed by atoms with Gasteiger partial charge in [-0.05, 0) is 30.9 Å². The summed E-state index contributed by atoms with van der Waals surface area (Å²) in [5.74, 6) is 0. The third-order valence-corrected chi connectivity index (χ3v) is 4.92. The highest BCUT2D eigenvalue weighted by Gasteiger charge is 2.17. The van der Waals surface area contributed by atoms with Crippen molar-refractivity contribution in [2.45, 2.75) is 26.4 Å². The number of aliphatic hydroxyl groups excluding tert-OH is 1. The number of rotatable bonds is 2. The number of aliphatic hydroxyl groups is 1. The van der Waals surface area contributed by atoms with Gasteiger partial charge in [-0.1, -0.05) is 35.6 Å². The van der Waals surface area contributed by atoms with Gasteiger partial charge >= 0.3 is 0 Å².